The highest BCUT2D eigenvalue weighted by molar-refractivity contribution is 5.55. The van der Waals surface area contributed by atoms with Crippen LogP contribution >= 0.6 is 0 Å². The number of hydrogen-bond acceptors (Lipinski definition) is 5. The summed E-state index contributed by atoms with van der Waals surface area (Å²) in [5.74, 6) is 0.881. The van der Waals surface area contributed by atoms with Crippen molar-refractivity contribution in [3.05, 3.63) is 47.8 Å². The summed E-state index contributed by atoms with van der Waals surface area (Å²) in [7, 11) is 0. The third-order valence-corrected chi connectivity index (χ3v) is 6.76. The van der Waals surface area contributed by atoms with E-state index in [0.717, 1.165) is 63.7 Å². The number of rotatable bonds is 4. The van der Waals surface area contributed by atoms with Gasteiger partial charge in [0.1, 0.15) is 0 Å². The fourth-order valence-electron chi connectivity index (χ4n) is 5.19. The van der Waals surface area contributed by atoms with Gasteiger partial charge in [-0.25, -0.2) is 9.97 Å². The molecule has 148 valence electrons. The maximum atomic E-state index is 5.48. The highest BCUT2D eigenvalue weighted by atomic mass is 16.5. The van der Waals surface area contributed by atoms with Gasteiger partial charge < -0.3 is 9.64 Å². The quantitative estimate of drug-likeness (QED) is 0.818. The van der Waals surface area contributed by atoms with Gasteiger partial charge in [-0.1, -0.05) is 30.3 Å². The third kappa shape index (κ3) is 3.59. The molecule has 5 nitrogen and oxygen atoms in total. The number of likely N-dealkylation sites (tertiary alicyclic amines) is 1. The van der Waals surface area contributed by atoms with E-state index in [1.807, 2.05) is 6.07 Å². The van der Waals surface area contributed by atoms with Gasteiger partial charge in [-0.3, -0.25) is 4.90 Å². The highest BCUT2D eigenvalue weighted by Gasteiger charge is 2.43. The highest BCUT2D eigenvalue weighted by Crippen LogP contribution is 2.44. The monoisotopic (exact) mass is 378 g/mol. The maximum absolute atomic E-state index is 5.48. The Kier molecular flexibility index (Phi) is 5.14. The van der Waals surface area contributed by atoms with Crippen LogP contribution in [0.25, 0.3) is 11.4 Å². The number of piperidine rings is 1. The van der Waals surface area contributed by atoms with Crippen molar-refractivity contribution in [1.29, 1.82) is 0 Å². The molecule has 5 heteroatoms. The summed E-state index contributed by atoms with van der Waals surface area (Å²) in [6.07, 6.45) is 6.98. The molecule has 2 fully saturated rings. The average Bonchev–Trinajstić information content (AvgIpc) is 3.11. The molecule has 1 unspecified atom stereocenters. The predicted octanol–water partition coefficient (Wildman–Crippen LogP) is 2.76. The van der Waals surface area contributed by atoms with Gasteiger partial charge >= 0.3 is 0 Å². The molecular weight excluding hydrogens is 348 g/mol. The van der Waals surface area contributed by atoms with E-state index in [1.54, 1.807) is 0 Å². The van der Waals surface area contributed by atoms with Crippen LogP contribution in [0.5, 0.6) is 0 Å². The molecule has 0 amide bonds. The second-order valence-corrected chi connectivity index (χ2v) is 8.55. The first-order valence-corrected chi connectivity index (χ1v) is 10.8. The van der Waals surface area contributed by atoms with Gasteiger partial charge in [0, 0.05) is 49.9 Å². The summed E-state index contributed by atoms with van der Waals surface area (Å²) >= 11 is 0. The molecule has 1 atom stereocenters. The minimum atomic E-state index is 0.227. The minimum Gasteiger partial charge on any atom is -0.379 e. The lowest BCUT2D eigenvalue weighted by Gasteiger charge is -2.41. The standard InChI is InChI=1S/C23H30N4O/c1-2-5-19(6-3-1)22-24-17-20-7-9-23(21(20)25-22)8-4-10-27(18-23)12-11-26-13-15-28-16-14-26/h1-3,5-6,17H,4,7-16,18H2. The smallest absolute Gasteiger partial charge is 0.159 e. The molecule has 0 N–H and O–H groups in total. The minimum absolute atomic E-state index is 0.227. The molecule has 1 aromatic heterocycles. The van der Waals surface area contributed by atoms with Crippen LogP contribution in [0.1, 0.15) is 30.5 Å². The van der Waals surface area contributed by atoms with Crippen molar-refractivity contribution in [3.63, 3.8) is 0 Å². The van der Waals surface area contributed by atoms with Crippen LogP contribution in [0.15, 0.2) is 36.5 Å². The van der Waals surface area contributed by atoms with E-state index >= 15 is 0 Å². The number of benzene rings is 1. The predicted molar refractivity (Wildman–Crippen MR) is 110 cm³/mol. The molecule has 1 aliphatic carbocycles. The first-order valence-electron chi connectivity index (χ1n) is 10.8. The van der Waals surface area contributed by atoms with E-state index in [9.17, 15) is 0 Å². The molecule has 3 aliphatic rings. The Labute approximate surface area is 167 Å². The molecule has 3 heterocycles. The third-order valence-electron chi connectivity index (χ3n) is 6.76. The normalized spacial score (nSPS) is 25.9. The van der Waals surface area contributed by atoms with E-state index < -0.39 is 0 Å². The van der Waals surface area contributed by atoms with Crippen LogP contribution in [0.4, 0.5) is 0 Å². The van der Waals surface area contributed by atoms with Crippen LogP contribution < -0.4 is 0 Å². The summed E-state index contributed by atoms with van der Waals surface area (Å²) in [5.41, 5.74) is 4.05. The Morgan fingerprint density at radius 2 is 1.79 bits per heavy atom. The van der Waals surface area contributed by atoms with Gasteiger partial charge in [-0.2, -0.15) is 0 Å². The zero-order chi connectivity index (χ0) is 18.8. The Hall–Kier alpha value is -1.82. The number of aryl methyl sites for hydroxylation is 1. The molecule has 28 heavy (non-hydrogen) atoms. The summed E-state index contributed by atoms with van der Waals surface area (Å²) in [5, 5.41) is 0. The summed E-state index contributed by atoms with van der Waals surface area (Å²) < 4.78 is 5.48. The average molecular weight is 379 g/mol. The molecule has 0 bridgehead atoms. The van der Waals surface area contributed by atoms with Crippen molar-refractivity contribution in [2.45, 2.75) is 31.1 Å². The van der Waals surface area contributed by atoms with Gasteiger partial charge in [-0.05, 0) is 37.8 Å². The molecule has 0 saturated carbocycles. The number of morpholine rings is 1. The van der Waals surface area contributed by atoms with E-state index in [0.29, 0.717) is 0 Å². The summed E-state index contributed by atoms with van der Waals surface area (Å²) in [6.45, 7) is 8.62. The van der Waals surface area contributed by atoms with Crippen molar-refractivity contribution >= 4 is 0 Å². The molecule has 1 aromatic carbocycles. The summed E-state index contributed by atoms with van der Waals surface area (Å²) in [4.78, 5) is 15.0. The van der Waals surface area contributed by atoms with Gasteiger partial charge in [0.15, 0.2) is 5.82 Å². The molecule has 2 aliphatic heterocycles. The van der Waals surface area contributed by atoms with Crippen LogP contribution in [0, 0.1) is 0 Å². The van der Waals surface area contributed by atoms with Crippen molar-refractivity contribution in [3.8, 4) is 11.4 Å². The van der Waals surface area contributed by atoms with Crippen molar-refractivity contribution in [1.82, 2.24) is 19.8 Å². The first-order chi connectivity index (χ1) is 13.8. The number of aromatic nitrogens is 2. The van der Waals surface area contributed by atoms with Crippen molar-refractivity contribution in [2.75, 3.05) is 52.5 Å². The number of hydrogen-bond donors (Lipinski definition) is 0. The fraction of sp³-hybridized carbons (Fsp3) is 0.565. The van der Waals surface area contributed by atoms with Gasteiger partial charge in [0.2, 0.25) is 0 Å². The lowest BCUT2D eigenvalue weighted by Crippen LogP contribution is -2.48. The molecule has 5 rings (SSSR count). The second-order valence-electron chi connectivity index (χ2n) is 8.55. The van der Waals surface area contributed by atoms with Gasteiger partial charge in [-0.15, -0.1) is 0 Å². The molecule has 1 spiro atoms. The van der Waals surface area contributed by atoms with E-state index in [2.05, 4.69) is 45.2 Å². The number of ether oxygens (including phenoxy) is 1. The van der Waals surface area contributed by atoms with E-state index in [1.165, 1.54) is 37.1 Å². The Balaban J connectivity index is 1.33. The zero-order valence-corrected chi connectivity index (χ0v) is 16.6. The molecule has 2 saturated heterocycles. The summed E-state index contributed by atoms with van der Waals surface area (Å²) in [6, 6.07) is 10.4. The number of fused-ring (bicyclic) bond motifs is 2. The SMILES string of the molecule is c1ccc(-c2ncc3c(n2)C2(CCCN(CCN4CCOCC4)C2)CC3)cc1. The lowest BCUT2D eigenvalue weighted by atomic mass is 9.77. The van der Waals surface area contributed by atoms with Gasteiger partial charge in [0.05, 0.1) is 18.9 Å². The van der Waals surface area contributed by atoms with Crippen LogP contribution in [-0.4, -0.2) is 72.3 Å². The van der Waals surface area contributed by atoms with E-state index in [-0.39, 0.29) is 5.41 Å². The fourth-order valence-corrected chi connectivity index (χ4v) is 5.19. The largest absolute Gasteiger partial charge is 0.379 e. The first kappa shape index (κ1) is 18.2. The van der Waals surface area contributed by atoms with Crippen LogP contribution in [0.3, 0.4) is 0 Å². The van der Waals surface area contributed by atoms with Crippen molar-refractivity contribution in [2.24, 2.45) is 0 Å². The topological polar surface area (TPSA) is 41.5 Å². The number of nitrogens with zero attached hydrogens (tertiary/aromatic N) is 4. The van der Waals surface area contributed by atoms with Gasteiger partial charge in [0.25, 0.3) is 0 Å². The van der Waals surface area contributed by atoms with Crippen molar-refractivity contribution < 1.29 is 4.74 Å². The molecule has 2 aromatic rings. The molecular formula is C23H30N4O. The maximum Gasteiger partial charge on any atom is 0.159 e. The van der Waals surface area contributed by atoms with E-state index in [4.69, 9.17) is 9.72 Å². The van der Waals surface area contributed by atoms with Crippen LogP contribution in [0.2, 0.25) is 0 Å². The Morgan fingerprint density at radius 1 is 0.964 bits per heavy atom. The molecule has 0 radical (unpaired) electrons. The Bertz CT molecular complexity index is 802. The zero-order valence-electron chi connectivity index (χ0n) is 16.6. The second kappa shape index (κ2) is 7.90. The van der Waals surface area contributed by atoms with Crippen LogP contribution in [-0.2, 0) is 16.6 Å². The lowest BCUT2D eigenvalue weighted by molar-refractivity contribution is 0.0295. The Morgan fingerprint density at radius 3 is 2.64 bits per heavy atom.